The van der Waals surface area contributed by atoms with Crippen molar-refractivity contribution in [1.82, 2.24) is 20.2 Å². The fourth-order valence-electron chi connectivity index (χ4n) is 3.84. The second-order valence-electron chi connectivity index (χ2n) is 8.74. The molecule has 2 aromatic rings. The number of hydrogen-bond acceptors (Lipinski definition) is 8. The van der Waals surface area contributed by atoms with Crippen LogP contribution in [-0.4, -0.2) is 57.3 Å². The number of carbonyl (C=O) groups excluding carboxylic acids is 2. The molecule has 0 bridgehead atoms. The van der Waals surface area contributed by atoms with Crippen molar-refractivity contribution in [2.24, 2.45) is 10.9 Å². The normalized spacial score (nSPS) is 17.4. The molecule has 0 aliphatic carbocycles. The zero-order valence-corrected chi connectivity index (χ0v) is 24.2. The van der Waals surface area contributed by atoms with Crippen molar-refractivity contribution in [3.63, 3.8) is 0 Å². The number of aliphatic hydroxyl groups is 1. The Labute approximate surface area is 241 Å². The number of pyridine rings is 1. The van der Waals surface area contributed by atoms with Crippen molar-refractivity contribution in [1.29, 1.82) is 0 Å². The number of nitrogens with zero attached hydrogens (tertiary/aromatic N) is 4. The Balaban J connectivity index is 1.39. The van der Waals surface area contributed by atoms with Gasteiger partial charge >= 0.3 is 213 Å². The summed E-state index contributed by atoms with van der Waals surface area (Å²) in [6.45, 7) is 3.41. The third kappa shape index (κ3) is 7.55. The quantitative estimate of drug-likeness (QED) is 0.391. The molecule has 4 rings (SSSR count). The number of carbonyl (C=O) groups is 2. The van der Waals surface area contributed by atoms with Crippen molar-refractivity contribution in [2.75, 3.05) is 25.0 Å². The number of halogens is 5. The summed E-state index contributed by atoms with van der Waals surface area (Å²) in [6, 6.07) is 0.141. The van der Waals surface area contributed by atoms with Crippen molar-refractivity contribution in [2.45, 2.75) is 32.0 Å². The van der Waals surface area contributed by atoms with Crippen molar-refractivity contribution in [3.8, 4) is 0 Å². The molecule has 0 aromatic carbocycles. The van der Waals surface area contributed by atoms with Crippen LogP contribution < -0.4 is 31.8 Å². The number of amidine groups is 1. The van der Waals surface area contributed by atoms with E-state index in [0.717, 1.165) is 49.3 Å². The van der Waals surface area contributed by atoms with Crippen LogP contribution in [0, 0.1) is 5.92 Å². The van der Waals surface area contributed by atoms with Crippen LogP contribution in [0.5, 0.6) is 0 Å². The molecule has 0 saturated carbocycles. The zero-order chi connectivity index (χ0) is 28.2. The molecule has 3 N–H and O–H groups in total. The van der Waals surface area contributed by atoms with E-state index in [9.17, 15) is 27.9 Å². The number of hydrogen-bond donors (Lipinski definition) is 3. The first-order valence-electron chi connectivity index (χ1n) is 11.8. The van der Waals surface area contributed by atoms with Gasteiger partial charge in [0.15, 0.2) is 0 Å². The SMILES string of the molecule is CC(NC(=O)C1=CC(N2CCC(CO)CC2)=NC=C[I-]1)c1ncc(C(=O)Nc2cc(C(F)(F)F)c(Cl)cn2)s1. The molecule has 1 unspecified atom stereocenters. The van der Waals surface area contributed by atoms with E-state index in [1.807, 2.05) is 10.2 Å². The number of thiazole rings is 1. The molecule has 0 radical (unpaired) electrons. The molecular weight excluding hydrogens is 672 g/mol. The molecule has 15 heteroatoms. The summed E-state index contributed by atoms with van der Waals surface area (Å²) < 4.78 is 41.8. The summed E-state index contributed by atoms with van der Waals surface area (Å²) in [5.41, 5.74) is -1.11. The van der Waals surface area contributed by atoms with Crippen molar-refractivity contribution >= 4 is 46.4 Å². The number of aliphatic hydroxyl groups excluding tert-OH is 1. The van der Waals surface area contributed by atoms with E-state index in [0.29, 0.717) is 14.7 Å². The van der Waals surface area contributed by atoms with E-state index < -0.39 is 49.9 Å². The molecule has 4 heterocycles. The summed E-state index contributed by atoms with van der Waals surface area (Å²) in [6.07, 6.45) is 2.67. The predicted octanol–water partition coefficient (Wildman–Crippen LogP) is 1.20. The van der Waals surface area contributed by atoms with Crippen LogP contribution >= 0.6 is 22.9 Å². The Hall–Kier alpha value is -2.56. The summed E-state index contributed by atoms with van der Waals surface area (Å²) in [5, 5.41) is 14.5. The Morgan fingerprint density at radius 3 is 2.69 bits per heavy atom. The number of likely N-dealkylation sites (tertiary alicyclic amines) is 1. The molecule has 1 atom stereocenters. The van der Waals surface area contributed by atoms with Crippen LogP contribution in [0.25, 0.3) is 0 Å². The number of nitrogens with one attached hydrogen (secondary N) is 2. The number of rotatable bonds is 6. The van der Waals surface area contributed by atoms with E-state index in [1.54, 1.807) is 13.1 Å². The third-order valence-corrected chi connectivity index (χ3v) is 9.61. The molecular formula is C24H24ClF3IN6O3S-. The second-order valence-corrected chi connectivity index (χ2v) is 12.7. The second kappa shape index (κ2) is 12.7. The summed E-state index contributed by atoms with van der Waals surface area (Å²) in [7, 11) is 0. The van der Waals surface area contributed by atoms with Gasteiger partial charge in [-0.3, -0.25) is 0 Å². The molecule has 1 saturated heterocycles. The van der Waals surface area contributed by atoms with Crippen molar-refractivity contribution < 1.29 is 49.1 Å². The van der Waals surface area contributed by atoms with Gasteiger partial charge in [-0.1, -0.05) is 11.6 Å². The van der Waals surface area contributed by atoms with E-state index in [1.165, 1.54) is 6.20 Å². The van der Waals surface area contributed by atoms with Gasteiger partial charge in [0.1, 0.15) is 0 Å². The Bertz CT molecular complexity index is 1320. The van der Waals surface area contributed by atoms with Gasteiger partial charge in [0.05, 0.1) is 5.02 Å². The minimum atomic E-state index is -4.70. The van der Waals surface area contributed by atoms with Gasteiger partial charge in [-0.05, 0) is 0 Å². The maximum atomic E-state index is 13.1. The standard InChI is InChI=1S/C24H24ClF3IN6O3S/c1-13(33-21(37)17-9-20(30-5-4-29-17)35-6-2-14(12-36)3-7-35)23-32-11-18(39-23)22(38)34-19-8-15(24(26,27)28)16(25)10-31-19/h4-5,8-11,13-14,36H,2-3,6-7,12H2,1H3,(H,33,37)(H,31,34,38)/q-1. The molecule has 2 aliphatic rings. The average molecular weight is 696 g/mol. The average Bonchev–Trinajstić information content (AvgIpc) is 3.28. The van der Waals surface area contributed by atoms with Gasteiger partial charge in [0, 0.05) is 0 Å². The molecule has 2 amide bonds. The number of aromatic nitrogens is 2. The molecule has 0 spiro atoms. The molecule has 1 fully saturated rings. The fourth-order valence-corrected chi connectivity index (χ4v) is 6.47. The summed E-state index contributed by atoms with van der Waals surface area (Å²) in [4.78, 5) is 40.4. The van der Waals surface area contributed by atoms with Crippen LogP contribution in [0.2, 0.25) is 5.02 Å². The first-order chi connectivity index (χ1) is 18.5. The van der Waals surface area contributed by atoms with E-state index in [2.05, 4.69) is 30.5 Å². The van der Waals surface area contributed by atoms with Gasteiger partial charge in [-0.2, -0.15) is 13.2 Å². The Morgan fingerprint density at radius 2 is 2.00 bits per heavy atom. The fraction of sp³-hybridized carbons (Fsp3) is 0.375. The minimum absolute atomic E-state index is 0.140. The van der Waals surface area contributed by atoms with Crippen LogP contribution in [0.15, 0.2) is 43.4 Å². The van der Waals surface area contributed by atoms with Gasteiger partial charge in [0.2, 0.25) is 0 Å². The number of amides is 2. The van der Waals surface area contributed by atoms with Gasteiger partial charge in [-0.15, -0.1) is 0 Å². The summed E-state index contributed by atoms with van der Waals surface area (Å²) in [5.74, 6) is -0.244. The Morgan fingerprint density at radius 1 is 1.26 bits per heavy atom. The van der Waals surface area contributed by atoms with Crippen molar-refractivity contribution in [3.05, 3.63) is 58.9 Å². The molecule has 210 valence electrons. The van der Waals surface area contributed by atoms with E-state index in [-0.39, 0.29) is 29.1 Å². The van der Waals surface area contributed by atoms with Gasteiger partial charge in [0.25, 0.3) is 0 Å². The maximum absolute atomic E-state index is 13.1. The number of anilines is 1. The van der Waals surface area contributed by atoms with E-state index in [4.69, 9.17) is 11.6 Å². The molecule has 2 aliphatic heterocycles. The Kier molecular flexibility index (Phi) is 9.61. The first-order valence-corrected chi connectivity index (χ1v) is 15.3. The monoisotopic (exact) mass is 695 g/mol. The number of aliphatic imine (C=N–C) groups is 1. The van der Waals surface area contributed by atoms with Crippen LogP contribution in [0.4, 0.5) is 19.0 Å². The molecule has 2 aromatic heterocycles. The van der Waals surface area contributed by atoms with Crippen LogP contribution in [-0.2, 0) is 11.0 Å². The van der Waals surface area contributed by atoms with Gasteiger partial charge < -0.3 is 0 Å². The zero-order valence-electron chi connectivity index (χ0n) is 20.5. The third-order valence-electron chi connectivity index (χ3n) is 5.98. The van der Waals surface area contributed by atoms with Gasteiger partial charge in [-0.25, -0.2) is 0 Å². The number of piperidine rings is 1. The topological polar surface area (TPSA) is 120 Å². The molecule has 39 heavy (non-hydrogen) atoms. The number of alkyl halides is 3. The molecule has 9 nitrogen and oxygen atoms in total. The first kappa shape index (κ1) is 29.4. The predicted molar refractivity (Wildman–Crippen MR) is 137 cm³/mol. The van der Waals surface area contributed by atoms with E-state index >= 15 is 0 Å². The summed E-state index contributed by atoms with van der Waals surface area (Å²) >= 11 is 5.86. The van der Waals surface area contributed by atoms with Crippen LogP contribution in [0.3, 0.4) is 0 Å². The van der Waals surface area contributed by atoms with Crippen LogP contribution in [0.1, 0.15) is 46.0 Å².